The largest absolute Gasteiger partial charge is 0.397 e. The smallest absolute Gasteiger partial charge is 0.379 e. The number of rotatable bonds is 46. The van der Waals surface area contributed by atoms with Crippen molar-refractivity contribution < 1.29 is 88.3 Å². The van der Waals surface area contributed by atoms with Crippen molar-refractivity contribution in [3.8, 4) is 83.4 Å². The summed E-state index contributed by atoms with van der Waals surface area (Å²) in [4.78, 5) is 11.7. The first-order valence-electron chi connectivity index (χ1n) is 20.7. The molecule has 0 saturated heterocycles. The van der Waals surface area contributed by atoms with Gasteiger partial charge in [0.05, 0.1) is 192 Å². The highest BCUT2D eigenvalue weighted by atomic mass is 32.3. The van der Waals surface area contributed by atoms with E-state index >= 15 is 0 Å². The van der Waals surface area contributed by atoms with Gasteiger partial charge in [-0.15, -0.1) is 6.42 Å². The van der Waals surface area contributed by atoms with Crippen LogP contribution in [0.5, 0.6) is 0 Å². The maximum absolute atomic E-state index is 11.7. The van der Waals surface area contributed by atoms with Gasteiger partial charge in [0.15, 0.2) is 0 Å². The molecule has 0 atom stereocenters. The maximum atomic E-state index is 11.7. The van der Waals surface area contributed by atoms with Crippen molar-refractivity contribution in [1.29, 1.82) is 0 Å². The lowest BCUT2D eigenvalue weighted by Crippen LogP contribution is -2.16. The highest BCUT2D eigenvalue weighted by Crippen LogP contribution is 1.90. The van der Waals surface area contributed by atoms with Crippen LogP contribution in [-0.4, -0.2) is 210 Å². The molecule has 0 bridgehead atoms. The van der Waals surface area contributed by atoms with Crippen LogP contribution < -0.4 is 0 Å². The highest BCUT2D eigenvalue weighted by molar-refractivity contribution is 7.80. The first-order chi connectivity index (χ1) is 32.0. The van der Waals surface area contributed by atoms with Gasteiger partial charge in [0.2, 0.25) is 5.78 Å². The summed E-state index contributed by atoms with van der Waals surface area (Å²) in [5.74, 6) is 31.1. The van der Waals surface area contributed by atoms with Crippen molar-refractivity contribution in [2.24, 2.45) is 0 Å². The molecule has 20 heteroatoms. The normalized spacial score (nSPS) is 10.3. The number of hydrogen-bond acceptors (Lipinski definition) is 18. The molecule has 0 heterocycles. The molecule has 0 rings (SSSR count). The molecule has 0 aliphatic rings. The lowest BCUT2D eigenvalue weighted by molar-refractivity contribution is -0.115. The molecule has 0 radical (unpaired) electrons. The molecule has 0 fully saturated rings. The fourth-order valence-electron chi connectivity index (χ4n) is 3.80. The van der Waals surface area contributed by atoms with Gasteiger partial charge in [-0.05, 0) is 77.0 Å². The predicted molar refractivity (Wildman–Crippen MR) is 234 cm³/mol. The van der Waals surface area contributed by atoms with Gasteiger partial charge >= 0.3 is 10.4 Å². The van der Waals surface area contributed by atoms with E-state index in [-0.39, 0.29) is 38.6 Å². The van der Waals surface area contributed by atoms with Crippen LogP contribution in [0.2, 0.25) is 0 Å². The van der Waals surface area contributed by atoms with Gasteiger partial charge in [0.25, 0.3) is 0 Å². The fraction of sp³-hybridized carbons (Fsp3) is 0.667. The molecule has 1 N–H and O–H groups in total. The van der Waals surface area contributed by atoms with E-state index in [1.807, 2.05) is 0 Å². The molecule has 0 aromatic rings. The lowest BCUT2D eigenvalue weighted by Gasteiger charge is -2.09. The second-order valence-electron chi connectivity index (χ2n) is 11.6. The molecule has 0 aromatic heterocycles. The molecule has 0 aliphatic carbocycles. The van der Waals surface area contributed by atoms with Crippen molar-refractivity contribution in [1.82, 2.24) is 0 Å². The Morgan fingerprint density at radius 2 is 0.523 bits per heavy atom. The number of terminal acetylenes is 1. The Morgan fingerprint density at radius 3 is 0.754 bits per heavy atom. The van der Waals surface area contributed by atoms with Crippen LogP contribution in [0.25, 0.3) is 0 Å². The quantitative estimate of drug-likeness (QED) is 0.0358. The monoisotopic (exact) mass is 938 g/mol. The molecule has 0 spiro atoms. The summed E-state index contributed by atoms with van der Waals surface area (Å²) < 4.78 is 109. The second kappa shape index (κ2) is 52.5. The number of ether oxygens (including phenoxy) is 14. The van der Waals surface area contributed by atoms with Crippen LogP contribution in [0.4, 0.5) is 0 Å². The summed E-state index contributed by atoms with van der Waals surface area (Å²) in [5.41, 5.74) is 0. The molecular weight excluding hydrogens is 877 g/mol. The van der Waals surface area contributed by atoms with Crippen LogP contribution in [0.3, 0.4) is 0 Å². The molecule has 0 amide bonds. The Labute approximate surface area is 384 Å². The Balaban J connectivity index is 3.24. The van der Waals surface area contributed by atoms with E-state index in [0.717, 1.165) is 0 Å². The maximum Gasteiger partial charge on any atom is 0.397 e. The number of carbonyl (C=O) groups excluding carboxylic acids is 1. The van der Waals surface area contributed by atoms with Crippen LogP contribution in [-0.2, 0) is 85.7 Å². The van der Waals surface area contributed by atoms with Gasteiger partial charge in [0, 0.05) is 6.42 Å². The zero-order valence-electron chi connectivity index (χ0n) is 37.0. The van der Waals surface area contributed by atoms with Crippen LogP contribution in [0.1, 0.15) is 6.42 Å². The van der Waals surface area contributed by atoms with Crippen LogP contribution >= 0.6 is 0 Å². The summed E-state index contributed by atoms with van der Waals surface area (Å²) >= 11 is 0. The standard InChI is InChI=1S/C45H62O19S/c1-2-3-4-5-6-7-8-9-10-11-12-13-14-45(46)15-16-50-17-18-51-19-20-52-21-22-53-23-24-54-25-26-55-27-28-56-29-30-57-31-32-58-33-34-59-35-36-60-37-38-61-39-40-62-41-42-63-43-44-64-65(47,48)49/h1H,15-44H2,(H,47,48,49). The van der Waals surface area contributed by atoms with Gasteiger partial charge in [-0.25, -0.2) is 4.18 Å². The van der Waals surface area contributed by atoms with E-state index in [4.69, 9.17) is 77.3 Å². The third kappa shape index (κ3) is 57.9. The zero-order chi connectivity index (χ0) is 47.1. The molecule has 65 heavy (non-hydrogen) atoms. The third-order valence-electron chi connectivity index (χ3n) is 6.67. The molecule has 19 nitrogen and oxygen atoms in total. The van der Waals surface area contributed by atoms with Gasteiger partial charge < -0.3 is 66.3 Å². The summed E-state index contributed by atoms with van der Waals surface area (Å²) in [6.45, 7) is 11.1. The average Bonchev–Trinajstić information content (AvgIpc) is 3.29. The molecular formula is C45H62O19S. The minimum Gasteiger partial charge on any atom is -0.379 e. The van der Waals surface area contributed by atoms with E-state index in [9.17, 15) is 13.2 Å². The summed E-state index contributed by atoms with van der Waals surface area (Å²) in [6.07, 6.45) is 5.10. The van der Waals surface area contributed by atoms with Gasteiger partial charge in [-0.2, -0.15) is 8.42 Å². The van der Waals surface area contributed by atoms with Crippen LogP contribution in [0.15, 0.2) is 0 Å². The first-order valence-corrected chi connectivity index (χ1v) is 22.0. The van der Waals surface area contributed by atoms with E-state index in [2.05, 4.69) is 81.1 Å². The number of carbonyl (C=O) groups is 1. The van der Waals surface area contributed by atoms with Crippen LogP contribution in [0, 0.1) is 83.4 Å². The molecule has 0 unspecified atom stereocenters. The van der Waals surface area contributed by atoms with E-state index in [1.54, 1.807) is 0 Å². The second-order valence-corrected chi connectivity index (χ2v) is 12.7. The highest BCUT2D eigenvalue weighted by Gasteiger charge is 2.03. The topological polar surface area (TPSA) is 210 Å². The summed E-state index contributed by atoms with van der Waals surface area (Å²) in [5, 5.41) is 0. The van der Waals surface area contributed by atoms with Crippen molar-refractivity contribution in [2.45, 2.75) is 6.42 Å². The molecule has 362 valence electrons. The fourth-order valence-corrected chi connectivity index (χ4v) is 4.08. The van der Waals surface area contributed by atoms with E-state index in [1.165, 1.54) is 0 Å². The Morgan fingerprint density at radius 1 is 0.323 bits per heavy atom. The molecule has 0 aliphatic heterocycles. The SMILES string of the molecule is C#CC#CC#CC#CC#CC#CC#CC(=O)CCOCCOCCOCCOCCOCCOCCOCCOCCOCCOCCOCCOCCOCCOCCOS(=O)(=O)O. The number of hydrogen-bond donors (Lipinski definition) is 1. The van der Waals surface area contributed by atoms with Crippen molar-refractivity contribution >= 4 is 16.2 Å². The number of ketones is 1. The minimum absolute atomic E-state index is 0.0204. The van der Waals surface area contributed by atoms with Crippen molar-refractivity contribution in [3.05, 3.63) is 0 Å². The van der Waals surface area contributed by atoms with E-state index in [0.29, 0.717) is 165 Å². The molecule has 0 aromatic carbocycles. The predicted octanol–water partition coefficient (Wildman–Crippen LogP) is -0.349. The van der Waals surface area contributed by atoms with Gasteiger partial charge in [-0.1, -0.05) is 0 Å². The summed E-state index contributed by atoms with van der Waals surface area (Å²) in [7, 11) is -4.44. The lowest BCUT2D eigenvalue weighted by atomic mass is 10.3. The zero-order valence-corrected chi connectivity index (χ0v) is 37.8. The molecule has 0 saturated carbocycles. The van der Waals surface area contributed by atoms with Gasteiger partial charge in [-0.3, -0.25) is 9.35 Å². The Kier molecular flexibility index (Phi) is 49.2. The average molecular weight is 939 g/mol. The Hall–Kier alpha value is -4.10. The third-order valence-corrected chi connectivity index (χ3v) is 7.13. The van der Waals surface area contributed by atoms with Crippen molar-refractivity contribution in [3.63, 3.8) is 0 Å². The Bertz CT molecular complexity index is 1700. The van der Waals surface area contributed by atoms with Gasteiger partial charge in [0.1, 0.15) is 0 Å². The summed E-state index contributed by atoms with van der Waals surface area (Å²) in [6, 6.07) is 0. The minimum atomic E-state index is -4.44. The first kappa shape index (κ1) is 60.9. The van der Waals surface area contributed by atoms with E-state index < -0.39 is 10.4 Å². The number of Topliss-reactive ketones (excluding diaryl/α,β-unsaturated/α-hetero) is 1. The van der Waals surface area contributed by atoms with Crippen molar-refractivity contribution in [2.75, 3.05) is 192 Å².